The van der Waals surface area contributed by atoms with Crippen LogP contribution >= 0.6 is 0 Å². The molecule has 106 valence electrons. The van der Waals surface area contributed by atoms with Crippen LogP contribution in [0.4, 0.5) is 13.2 Å². The van der Waals surface area contributed by atoms with E-state index in [9.17, 15) is 26.4 Å². The molecule has 1 aliphatic heterocycles. The molecule has 0 spiro atoms. The highest BCUT2D eigenvalue weighted by Gasteiger charge is 2.42. The first-order chi connectivity index (χ1) is 8.13. The van der Waals surface area contributed by atoms with Crippen LogP contribution in [0, 0.1) is 5.92 Å². The number of piperidine rings is 1. The number of alkyl halides is 3. The fourth-order valence-electron chi connectivity index (χ4n) is 1.81. The summed E-state index contributed by atoms with van der Waals surface area (Å²) in [7, 11) is -3.76. The van der Waals surface area contributed by atoms with Gasteiger partial charge >= 0.3 is 12.1 Å². The lowest BCUT2D eigenvalue weighted by Gasteiger charge is -2.32. The second-order valence-corrected chi connectivity index (χ2v) is 6.26. The van der Waals surface area contributed by atoms with Crippen molar-refractivity contribution in [2.24, 2.45) is 5.92 Å². The first-order valence-corrected chi connectivity index (χ1v) is 7.00. The van der Waals surface area contributed by atoms with Crippen LogP contribution in [-0.4, -0.2) is 48.8 Å². The smallest absolute Gasteiger partial charge is 0.391 e. The van der Waals surface area contributed by atoms with Gasteiger partial charge in [0.25, 0.3) is 0 Å². The van der Waals surface area contributed by atoms with Gasteiger partial charge in [0.05, 0.1) is 18.1 Å². The van der Waals surface area contributed by atoms with Gasteiger partial charge in [0, 0.05) is 13.1 Å². The Morgan fingerprint density at radius 1 is 1.28 bits per heavy atom. The Hall–Kier alpha value is -0.830. The summed E-state index contributed by atoms with van der Waals surface area (Å²) in [6.07, 6.45) is -5.37. The summed E-state index contributed by atoms with van der Waals surface area (Å²) < 4.78 is 61.3. The van der Waals surface area contributed by atoms with E-state index in [1.54, 1.807) is 0 Å². The molecule has 0 aromatic heterocycles. The second-order valence-electron chi connectivity index (χ2n) is 4.17. The zero-order valence-electron chi connectivity index (χ0n) is 9.48. The Bertz CT molecular complexity index is 399. The molecule has 0 aromatic carbocycles. The van der Waals surface area contributed by atoms with E-state index < -0.39 is 40.3 Å². The van der Waals surface area contributed by atoms with Crippen molar-refractivity contribution in [1.29, 1.82) is 0 Å². The summed E-state index contributed by atoms with van der Waals surface area (Å²) in [5, 5.41) is 8.39. The highest BCUT2D eigenvalue weighted by atomic mass is 32.2. The van der Waals surface area contributed by atoms with Gasteiger partial charge in [-0.1, -0.05) is 0 Å². The number of rotatable bonds is 4. The molecule has 1 aliphatic rings. The SMILES string of the molecule is O=C(O)CCS(=O)(=O)N1CCC(C(F)(F)F)CC1. The van der Waals surface area contributed by atoms with Gasteiger partial charge in [0.1, 0.15) is 0 Å². The van der Waals surface area contributed by atoms with Gasteiger partial charge in [0.15, 0.2) is 0 Å². The van der Waals surface area contributed by atoms with Crippen molar-refractivity contribution in [3.8, 4) is 0 Å². The standard InChI is InChI=1S/C9H14F3NO4S/c10-9(11,12)7-1-4-13(5-2-7)18(16,17)6-3-8(14)15/h7H,1-6H2,(H,14,15). The normalized spacial score (nSPS) is 19.9. The largest absolute Gasteiger partial charge is 0.481 e. The lowest BCUT2D eigenvalue weighted by atomic mass is 9.98. The second kappa shape index (κ2) is 5.43. The van der Waals surface area contributed by atoms with Gasteiger partial charge in [0.2, 0.25) is 10.0 Å². The van der Waals surface area contributed by atoms with Crippen LogP contribution in [0.3, 0.4) is 0 Å². The molecule has 1 rings (SSSR count). The van der Waals surface area contributed by atoms with Crippen molar-refractivity contribution in [2.45, 2.75) is 25.4 Å². The van der Waals surface area contributed by atoms with Crippen molar-refractivity contribution in [2.75, 3.05) is 18.8 Å². The average Bonchev–Trinajstić information content (AvgIpc) is 2.26. The van der Waals surface area contributed by atoms with Crippen LogP contribution in [0.1, 0.15) is 19.3 Å². The maximum Gasteiger partial charge on any atom is 0.391 e. The first-order valence-electron chi connectivity index (χ1n) is 5.39. The van der Waals surface area contributed by atoms with Crippen molar-refractivity contribution in [3.05, 3.63) is 0 Å². The van der Waals surface area contributed by atoms with Gasteiger partial charge in [-0.25, -0.2) is 12.7 Å². The van der Waals surface area contributed by atoms with Crippen LogP contribution in [0.2, 0.25) is 0 Å². The van der Waals surface area contributed by atoms with Crippen LogP contribution < -0.4 is 0 Å². The number of nitrogens with zero attached hydrogens (tertiary/aromatic N) is 1. The predicted molar refractivity (Wildman–Crippen MR) is 56.4 cm³/mol. The van der Waals surface area contributed by atoms with Crippen LogP contribution in [0.25, 0.3) is 0 Å². The van der Waals surface area contributed by atoms with Crippen molar-refractivity contribution < 1.29 is 31.5 Å². The molecule has 5 nitrogen and oxygen atoms in total. The fourth-order valence-corrected chi connectivity index (χ4v) is 3.26. The maximum absolute atomic E-state index is 12.4. The van der Waals surface area contributed by atoms with Gasteiger partial charge in [-0.2, -0.15) is 13.2 Å². The minimum absolute atomic E-state index is 0.202. The molecule has 0 saturated carbocycles. The molecule has 0 bridgehead atoms. The van der Waals surface area contributed by atoms with Gasteiger partial charge in [-0.05, 0) is 12.8 Å². The Morgan fingerprint density at radius 2 is 1.78 bits per heavy atom. The van der Waals surface area contributed by atoms with Crippen molar-refractivity contribution >= 4 is 16.0 Å². The zero-order chi connectivity index (χ0) is 14.0. The molecular weight excluding hydrogens is 275 g/mol. The predicted octanol–water partition coefficient (Wildman–Crippen LogP) is 1.07. The third-order valence-electron chi connectivity index (χ3n) is 2.88. The van der Waals surface area contributed by atoms with E-state index in [1.807, 2.05) is 0 Å². The monoisotopic (exact) mass is 289 g/mol. The van der Waals surface area contributed by atoms with E-state index in [2.05, 4.69) is 0 Å². The van der Waals surface area contributed by atoms with E-state index in [0.717, 1.165) is 4.31 Å². The molecule has 0 amide bonds. The summed E-state index contributed by atoms with van der Waals surface area (Å²) in [4.78, 5) is 10.3. The molecule has 0 atom stereocenters. The van der Waals surface area contributed by atoms with Crippen LogP contribution in [-0.2, 0) is 14.8 Å². The zero-order valence-corrected chi connectivity index (χ0v) is 10.3. The molecular formula is C9H14F3NO4S. The Labute approximate surface area is 103 Å². The van der Waals surface area contributed by atoms with Gasteiger partial charge in [-0.3, -0.25) is 4.79 Å². The first kappa shape index (κ1) is 15.2. The fraction of sp³-hybridized carbons (Fsp3) is 0.889. The van der Waals surface area contributed by atoms with Crippen molar-refractivity contribution in [1.82, 2.24) is 4.31 Å². The number of carboxylic acid groups (broad SMARTS) is 1. The van der Waals surface area contributed by atoms with E-state index >= 15 is 0 Å². The third-order valence-corrected chi connectivity index (χ3v) is 4.76. The lowest BCUT2D eigenvalue weighted by molar-refractivity contribution is -0.182. The molecule has 0 radical (unpaired) electrons. The molecule has 18 heavy (non-hydrogen) atoms. The average molecular weight is 289 g/mol. The Balaban J connectivity index is 2.54. The van der Waals surface area contributed by atoms with Gasteiger partial charge < -0.3 is 5.11 Å². The number of halogens is 3. The molecule has 0 unspecified atom stereocenters. The molecule has 1 heterocycles. The molecule has 1 saturated heterocycles. The molecule has 1 N–H and O–H groups in total. The summed E-state index contributed by atoms with van der Waals surface area (Å²) in [6.45, 7) is -0.405. The number of hydrogen-bond acceptors (Lipinski definition) is 3. The van der Waals surface area contributed by atoms with Crippen LogP contribution in [0.15, 0.2) is 0 Å². The van der Waals surface area contributed by atoms with E-state index in [0.29, 0.717) is 0 Å². The van der Waals surface area contributed by atoms with E-state index in [-0.39, 0.29) is 25.9 Å². The van der Waals surface area contributed by atoms with E-state index in [1.165, 1.54) is 0 Å². The van der Waals surface area contributed by atoms with Crippen molar-refractivity contribution in [3.63, 3.8) is 0 Å². The van der Waals surface area contributed by atoms with Gasteiger partial charge in [-0.15, -0.1) is 0 Å². The number of aliphatic carboxylic acids is 1. The molecule has 9 heteroatoms. The highest BCUT2D eigenvalue weighted by Crippen LogP contribution is 2.34. The molecule has 0 aliphatic carbocycles. The minimum atomic E-state index is -4.29. The Morgan fingerprint density at radius 3 is 2.17 bits per heavy atom. The number of carboxylic acids is 1. The lowest BCUT2D eigenvalue weighted by Crippen LogP contribution is -2.43. The van der Waals surface area contributed by atoms with Crippen LogP contribution in [0.5, 0.6) is 0 Å². The number of hydrogen-bond donors (Lipinski definition) is 1. The highest BCUT2D eigenvalue weighted by molar-refractivity contribution is 7.89. The summed E-state index contributed by atoms with van der Waals surface area (Å²) >= 11 is 0. The Kier molecular flexibility index (Phi) is 4.60. The summed E-state index contributed by atoms with van der Waals surface area (Å²) in [5.41, 5.74) is 0. The molecule has 1 fully saturated rings. The number of sulfonamides is 1. The number of carbonyl (C=O) groups is 1. The third kappa shape index (κ3) is 4.13. The summed E-state index contributed by atoms with van der Waals surface area (Å²) in [5.74, 6) is -3.29. The minimum Gasteiger partial charge on any atom is -0.481 e. The van der Waals surface area contributed by atoms with E-state index in [4.69, 9.17) is 5.11 Å². The quantitative estimate of drug-likeness (QED) is 0.840. The summed E-state index contributed by atoms with van der Waals surface area (Å²) in [6, 6.07) is 0. The molecule has 0 aromatic rings. The maximum atomic E-state index is 12.4. The topological polar surface area (TPSA) is 74.7 Å².